The lowest BCUT2D eigenvalue weighted by Gasteiger charge is -2.16. The third kappa shape index (κ3) is 12.4. The Kier molecular flexibility index (Phi) is 13.7. The van der Waals surface area contributed by atoms with Gasteiger partial charge in [0, 0.05) is 31.2 Å². The summed E-state index contributed by atoms with van der Waals surface area (Å²) in [4.78, 5) is 36.3. The number of nitrogens with one attached hydrogen (secondary N) is 2. The summed E-state index contributed by atoms with van der Waals surface area (Å²) in [6.45, 7) is 0.0206. The molecule has 48 heavy (non-hydrogen) atoms. The molecule has 3 N–H and O–H groups in total. The molecule has 1 unspecified atom stereocenters. The lowest BCUT2D eigenvalue weighted by Crippen LogP contribution is -2.37. The predicted octanol–water partition coefficient (Wildman–Crippen LogP) is 3.56. The standard InChI is InChI=1S/C27H30F4N6O4.C2HF3O2/c28-9-11-40-12-13-41-24-14-20(25(38)32-18-27(29,30)31)6-7-23(24)37-17-22(34-35-37)26(39)33-21-8-10-36(16-21)15-19-4-2-1-3-5-19;3-2(4,5)1(6)7/h1-7,14,17,21H,8-13,15-16,18H2,(H,32,38)(H,33,39);(H,6,7). The number of carboxylic acids is 1. The Morgan fingerprint density at radius 2 is 1.69 bits per heavy atom. The van der Waals surface area contributed by atoms with Crippen LogP contribution in [0.25, 0.3) is 5.69 Å². The first-order valence-electron chi connectivity index (χ1n) is 14.2. The fourth-order valence-corrected chi connectivity index (χ4v) is 4.29. The Morgan fingerprint density at radius 3 is 2.33 bits per heavy atom. The van der Waals surface area contributed by atoms with E-state index in [0.717, 1.165) is 19.5 Å². The van der Waals surface area contributed by atoms with Crippen molar-refractivity contribution in [1.82, 2.24) is 30.5 Å². The molecule has 4 rings (SSSR count). The molecule has 0 aliphatic carbocycles. The molecule has 1 atom stereocenters. The molecule has 1 saturated heterocycles. The van der Waals surface area contributed by atoms with E-state index in [-0.39, 0.29) is 48.6 Å². The Bertz CT molecular complexity index is 1500. The molecule has 0 bridgehead atoms. The minimum Gasteiger partial charge on any atom is -0.489 e. The van der Waals surface area contributed by atoms with E-state index in [2.05, 4.69) is 32.7 Å². The molecule has 1 aliphatic heterocycles. The van der Waals surface area contributed by atoms with Crippen LogP contribution in [0.1, 0.15) is 32.8 Å². The molecule has 2 aromatic carbocycles. The Morgan fingerprint density at radius 1 is 0.979 bits per heavy atom. The molecule has 2 heterocycles. The third-order valence-electron chi connectivity index (χ3n) is 6.45. The number of benzene rings is 2. The molecule has 0 saturated carbocycles. The minimum absolute atomic E-state index is 0.0293. The second kappa shape index (κ2) is 17.4. The van der Waals surface area contributed by atoms with Gasteiger partial charge >= 0.3 is 18.3 Å². The second-order valence-corrected chi connectivity index (χ2v) is 10.2. The molecule has 262 valence electrons. The van der Waals surface area contributed by atoms with Crippen molar-refractivity contribution in [3.05, 3.63) is 71.5 Å². The lowest BCUT2D eigenvalue weighted by molar-refractivity contribution is -0.192. The van der Waals surface area contributed by atoms with Gasteiger partial charge in [-0.3, -0.25) is 14.5 Å². The molecule has 1 aliphatic rings. The first-order valence-corrected chi connectivity index (χ1v) is 14.2. The predicted molar refractivity (Wildman–Crippen MR) is 153 cm³/mol. The molecule has 1 fully saturated rings. The summed E-state index contributed by atoms with van der Waals surface area (Å²) >= 11 is 0. The average molecular weight is 693 g/mol. The number of aromatic nitrogens is 3. The number of rotatable bonds is 13. The maximum atomic E-state index is 12.9. The van der Waals surface area contributed by atoms with Crippen LogP contribution in [0.3, 0.4) is 0 Å². The number of hydrogen-bond acceptors (Lipinski definition) is 8. The van der Waals surface area contributed by atoms with E-state index in [1.807, 2.05) is 18.2 Å². The van der Waals surface area contributed by atoms with Gasteiger partial charge in [-0.1, -0.05) is 35.5 Å². The summed E-state index contributed by atoms with van der Waals surface area (Å²) in [7, 11) is 0. The Balaban J connectivity index is 0.000000804. The van der Waals surface area contributed by atoms with Gasteiger partial charge < -0.3 is 25.2 Å². The minimum atomic E-state index is -5.08. The molecule has 19 heteroatoms. The second-order valence-electron chi connectivity index (χ2n) is 10.2. The lowest BCUT2D eigenvalue weighted by atomic mass is 10.1. The number of hydrogen-bond donors (Lipinski definition) is 3. The topological polar surface area (TPSA) is 148 Å². The molecule has 0 spiro atoms. The molecule has 2 amide bonds. The zero-order valence-corrected chi connectivity index (χ0v) is 25.1. The number of carboxylic acid groups (broad SMARTS) is 1. The van der Waals surface area contributed by atoms with Gasteiger partial charge in [0.05, 0.1) is 19.4 Å². The van der Waals surface area contributed by atoms with Crippen molar-refractivity contribution in [2.75, 3.05) is 46.1 Å². The van der Waals surface area contributed by atoms with Gasteiger partial charge in [-0.05, 0) is 30.2 Å². The number of alkyl halides is 7. The van der Waals surface area contributed by atoms with Gasteiger partial charge in [-0.25, -0.2) is 13.9 Å². The van der Waals surface area contributed by atoms with Gasteiger partial charge in [0.2, 0.25) is 0 Å². The van der Waals surface area contributed by atoms with E-state index in [1.165, 1.54) is 34.6 Å². The summed E-state index contributed by atoms with van der Waals surface area (Å²) in [5, 5.41) is 19.9. The van der Waals surface area contributed by atoms with Gasteiger partial charge in [-0.15, -0.1) is 5.10 Å². The smallest absolute Gasteiger partial charge is 0.489 e. The Hall–Kier alpha value is -4.78. The zero-order chi connectivity index (χ0) is 35.3. The van der Waals surface area contributed by atoms with Crippen molar-refractivity contribution >= 4 is 17.8 Å². The van der Waals surface area contributed by atoms with E-state index in [9.17, 15) is 40.3 Å². The van der Waals surface area contributed by atoms with E-state index >= 15 is 0 Å². The van der Waals surface area contributed by atoms with Crippen LogP contribution in [0.5, 0.6) is 5.75 Å². The van der Waals surface area contributed by atoms with Gasteiger partial charge in [-0.2, -0.15) is 26.3 Å². The maximum Gasteiger partial charge on any atom is 0.490 e. The molecular formula is C29H31F7N6O6. The normalized spacial score (nSPS) is 14.9. The molecule has 12 nitrogen and oxygen atoms in total. The van der Waals surface area contributed by atoms with Crippen LogP contribution >= 0.6 is 0 Å². The highest BCUT2D eigenvalue weighted by Crippen LogP contribution is 2.25. The van der Waals surface area contributed by atoms with Crippen molar-refractivity contribution in [2.24, 2.45) is 0 Å². The van der Waals surface area contributed by atoms with Crippen LogP contribution in [-0.2, 0) is 16.1 Å². The van der Waals surface area contributed by atoms with Crippen LogP contribution < -0.4 is 15.4 Å². The van der Waals surface area contributed by atoms with Crippen molar-refractivity contribution in [1.29, 1.82) is 0 Å². The highest BCUT2D eigenvalue weighted by Gasteiger charge is 2.38. The summed E-state index contributed by atoms with van der Waals surface area (Å²) in [5.41, 5.74) is 1.44. The monoisotopic (exact) mass is 692 g/mol. The van der Waals surface area contributed by atoms with Gasteiger partial charge in [0.25, 0.3) is 11.8 Å². The van der Waals surface area contributed by atoms with Crippen LogP contribution in [-0.4, -0.2) is 107 Å². The number of amides is 2. The quantitative estimate of drug-likeness (QED) is 0.181. The number of carbonyl (C=O) groups excluding carboxylic acids is 2. The maximum absolute atomic E-state index is 12.9. The van der Waals surface area contributed by atoms with Crippen molar-refractivity contribution in [3.8, 4) is 11.4 Å². The van der Waals surface area contributed by atoms with Crippen LogP contribution in [0, 0.1) is 0 Å². The Labute approximate surface area is 268 Å². The fourth-order valence-electron chi connectivity index (χ4n) is 4.29. The number of carbonyl (C=O) groups is 3. The van der Waals surface area contributed by atoms with E-state index in [0.29, 0.717) is 6.54 Å². The zero-order valence-electron chi connectivity index (χ0n) is 25.1. The highest BCUT2D eigenvalue weighted by atomic mass is 19.4. The first kappa shape index (κ1) is 37.7. The summed E-state index contributed by atoms with van der Waals surface area (Å²) < 4.78 is 93.6. The third-order valence-corrected chi connectivity index (χ3v) is 6.45. The number of ether oxygens (including phenoxy) is 2. The molecular weight excluding hydrogens is 661 g/mol. The van der Waals surface area contributed by atoms with Crippen LogP contribution in [0.2, 0.25) is 0 Å². The number of nitrogens with zero attached hydrogens (tertiary/aromatic N) is 4. The van der Waals surface area contributed by atoms with Crippen LogP contribution in [0.15, 0.2) is 54.7 Å². The largest absolute Gasteiger partial charge is 0.490 e. The van der Waals surface area contributed by atoms with Gasteiger partial charge in [0.15, 0.2) is 5.69 Å². The van der Waals surface area contributed by atoms with Crippen molar-refractivity contribution in [3.63, 3.8) is 0 Å². The molecule has 0 radical (unpaired) electrons. The van der Waals surface area contributed by atoms with Crippen LogP contribution in [0.4, 0.5) is 30.7 Å². The van der Waals surface area contributed by atoms with Gasteiger partial charge in [0.1, 0.15) is 31.3 Å². The van der Waals surface area contributed by atoms with Crippen molar-refractivity contribution < 1.29 is 59.7 Å². The molecule has 1 aromatic heterocycles. The van der Waals surface area contributed by atoms with E-state index < -0.39 is 43.4 Å². The van der Waals surface area contributed by atoms with Crippen molar-refractivity contribution in [2.45, 2.75) is 31.4 Å². The number of likely N-dealkylation sites (tertiary alicyclic amines) is 1. The highest BCUT2D eigenvalue weighted by molar-refractivity contribution is 5.95. The number of aliphatic carboxylic acids is 1. The number of halogens is 7. The SMILES string of the molecule is O=C(NCC(F)(F)F)c1ccc(-n2cc(C(=O)NC3CCN(Cc4ccccc4)C3)nn2)c(OCCOCCF)c1.O=C(O)C(F)(F)F. The summed E-state index contributed by atoms with van der Waals surface area (Å²) in [5.74, 6) is -4.04. The average Bonchev–Trinajstić information content (AvgIpc) is 3.70. The summed E-state index contributed by atoms with van der Waals surface area (Å²) in [6, 6.07) is 14.0. The first-order chi connectivity index (χ1) is 22.7. The fraction of sp³-hybridized carbons (Fsp3) is 0.414. The summed E-state index contributed by atoms with van der Waals surface area (Å²) in [6.07, 6.45) is -7.48. The molecule has 3 aromatic rings. The van der Waals surface area contributed by atoms with E-state index in [4.69, 9.17) is 19.4 Å². The van der Waals surface area contributed by atoms with E-state index in [1.54, 1.807) is 5.32 Å².